The predicted molar refractivity (Wildman–Crippen MR) is 169 cm³/mol. The Kier molecular flexibility index (Phi) is 19.8. The number of rotatable bonds is 11. The Morgan fingerprint density at radius 3 is 1.71 bits per heavy atom. The first kappa shape index (κ1) is 42.8. The molecular formula is C23H43FN8O9S4. The maximum atomic E-state index is 12.4. The highest BCUT2D eigenvalue weighted by atomic mass is 32.2. The van der Waals surface area contributed by atoms with E-state index in [-0.39, 0.29) is 12.4 Å². The van der Waals surface area contributed by atoms with Crippen molar-refractivity contribution in [3.05, 3.63) is 71.5 Å². The van der Waals surface area contributed by atoms with Crippen molar-refractivity contribution in [2.75, 3.05) is 39.9 Å². The van der Waals surface area contributed by atoms with E-state index in [0.29, 0.717) is 45.0 Å². The molecule has 2 aromatic carbocycles. The van der Waals surface area contributed by atoms with Crippen LogP contribution in [0.1, 0.15) is 30.9 Å². The largest absolute Gasteiger partial charge is 0.379 e. The van der Waals surface area contributed by atoms with Crippen LogP contribution in [0.5, 0.6) is 0 Å². The van der Waals surface area contributed by atoms with E-state index < -0.39 is 40.8 Å². The third-order valence-corrected chi connectivity index (χ3v) is 8.47. The van der Waals surface area contributed by atoms with Crippen molar-refractivity contribution < 1.29 is 42.8 Å². The minimum absolute atomic E-state index is 0.0686. The first-order chi connectivity index (χ1) is 20.6. The summed E-state index contributed by atoms with van der Waals surface area (Å²) in [5.41, 5.74) is 1.56. The van der Waals surface area contributed by atoms with Gasteiger partial charge in [-0.2, -0.15) is 47.0 Å². The maximum Gasteiger partial charge on any atom is 0.277 e. The number of hydrogen-bond acceptors (Lipinski definition) is 9. The lowest BCUT2D eigenvalue weighted by molar-refractivity contribution is 0.0730. The van der Waals surface area contributed by atoms with Crippen LogP contribution < -0.4 is 30.0 Å². The lowest BCUT2D eigenvalue weighted by Gasteiger charge is -2.23. The van der Waals surface area contributed by atoms with Crippen molar-refractivity contribution in [1.82, 2.24) is 18.1 Å². The molecule has 2 aromatic rings. The predicted octanol–water partition coefficient (Wildman–Crippen LogP) is -1.46. The van der Waals surface area contributed by atoms with Gasteiger partial charge in [0.2, 0.25) is 0 Å². The van der Waals surface area contributed by atoms with Crippen LogP contribution in [0, 0.1) is 5.82 Å². The molecule has 45 heavy (non-hydrogen) atoms. The molecule has 0 amide bonds. The van der Waals surface area contributed by atoms with Gasteiger partial charge in [0.05, 0.1) is 13.2 Å². The van der Waals surface area contributed by atoms with E-state index in [1.54, 1.807) is 0 Å². The Bertz CT molecular complexity index is 1540. The van der Waals surface area contributed by atoms with Gasteiger partial charge < -0.3 is 4.74 Å². The highest BCUT2D eigenvalue weighted by Crippen LogP contribution is 2.04. The first-order valence-corrected chi connectivity index (χ1v) is 19.2. The lowest BCUT2D eigenvalue weighted by atomic mass is 10.2. The Morgan fingerprint density at radius 1 is 0.800 bits per heavy atom. The van der Waals surface area contributed by atoms with Crippen LogP contribution in [0.2, 0.25) is 0 Å². The van der Waals surface area contributed by atoms with Gasteiger partial charge in [-0.15, -0.1) is 0 Å². The van der Waals surface area contributed by atoms with Gasteiger partial charge in [-0.05, 0) is 29.7 Å². The molecular weight excluding hydrogens is 680 g/mol. The quantitative estimate of drug-likeness (QED) is 0.148. The van der Waals surface area contributed by atoms with Gasteiger partial charge in [0, 0.05) is 39.8 Å². The number of hydrogen-bond donors (Lipinski definition) is 6. The average Bonchev–Trinajstić information content (AvgIpc) is 2.93. The molecule has 1 aliphatic heterocycles. The Hall–Kier alpha value is -2.19. The average molecular weight is 723 g/mol. The highest BCUT2D eigenvalue weighted by Gasteiger charge is 2.19. The van der Waals surface area contributed by atoms with Gasteiger partial charge in [0.1, 0.15) is 5.82 Å². The molecule has 0 aliphatic carbocycles. The fourth-order valence-corrected chi connectivity index (χ4v) is 4.69. The second kappa shape index (κ2) is 20.8. The molecule has 22 heteroatoms. The zero-order chi connectivity index (χ0) is 34.7. The summed E-state index contributed by atoms with van der Waals surface area (Å²) in [5.74, 6) is -0.362. The van der Waals surface area contributed by atoms with Crippen molar-refractivity contribution in [2.24, 2.45) is 20.6 Å². The topological polar surface area (TPSA) is 280 Å². The molecule has 0 bridgehead atoms. The minimum atomic E-state index is -3.68. The van der Waals surface area contributed by atoms with Crippen molar-refractivity contribution in [2.45, 2.75) is 32.9 Å². The molecule has 1 saturated heterocycles. The molecule has 3 rings (SSSR count). The highest BCUT2D eigenvalue weighted by molar-refractivity contribution is 7.87. The Morgan fingerprint density at radius 2 is 1.31 bits per heavy atom. The van der Waals surface area contributed by atoms with Crippen LogP contribution in [0.15, 0.2) is 54.6 Å². The molecule has 17 nitrogen and oxygen atoms in total. The maximum absolute atomic E-state index is 12.4. The fourth-order valence-electron chi connectivity index (χ4n) is 2.91. The van der Waals surface area contributed by atoms with Gasteiger partial charge >= 0.3 is 0 Å². The van der Waals surface area contributed by atoms with E-state index >= 15 is 0 Å². The van der Waals surface area contributed by atoms with E-state index in [1.165, 1.54) is 35.6 Å². The van der Waals surface area contributed by atoms with Gasteiger partial charge in [0.15, 0.2) is 0 Å². The number of ether oxygens (including phenoxy) is 1. The molecule has 1 aliphatic rings. The third-order valence-electron chi connectivity index (χ3n) is 5.24. The van der Waals surface area contributed by atoms with Gasteiger partial charge in [-0.3, -0.25) is 0 Å². The number of benzene rings is 2. The molecule has 0 saturated carbocycles. The van der Waals surface area contributed by atoms with Crippen LogP contribution in [-0.4, -0.2) is 82.2 Å². The molecule has 1 fully saturated rings. The first-order valence-electron chi connectivity index (χ1n) is 13.1. The second-order valence-electron chi connectivity index (χ2n) is 9.13. The summed E-state index contributed by atoms with van der Waals surface area (Å²) in [7, 11) is -12.7. The second-order valence-corrected chi connectivity index (χ2v) is 15.1. The summed E-state index contributed by atoms with van der Waals surface area (Å²) in [6.07, 6.45) is 1.79. The summed E-state index contributed by atoms with van der Waals surface area (Å²) in [5, 5.41) is 19.1. The van der Waals surface area contributed by atoms with Crippen LogP contribution >= 0.6 is 0 Å². The number of nitrogens with one attached hydrogen (secondary N) is 2. The van der Waals surface area contributed by atoms with Crippen molar-refractivity contribution >= 4 is 40.8 Å². The molecule has 0 radical (unpaired) electrons. The summed E-state index contributed by atoms with van der Waals surface area (Å²) < 4.78 is 108. The smallest absolute Gasteiger partial charge is 0.277 e. The van der Waals surface area contributed by atoms with Gasteiger partial charge in [-0.25, -0.2) is 29.7 Å². The van der Waals surface area contributed by atoms with E-state index in [1.807, 2.05) is 37.3 Å². The number of halogens is 1. The molecule has 0 atom stereocenters. The molecule has 1 heterocycles. The third kappa shape index (κ3) is 24.7. The number of unbranched alkanes of at least 4 members (excludes halogenated alkanes) is 1. The minimum Gasteiger partial charge on any atom is -0.379 e. The number of morpholine rings is 1. The van der Waals surface area contributed by atoms with Gasteiger partial charge in [-0.1, -0.05) is 55.8 Å². The standard InChI is InChI=1S/C8H12N2O2S.C7H9FN2O2S.C4H10N2O3S.C4H12N2O2S/c1-10(13(9,11)12)7-8-5-3-2-4-6-8;8-7-3-1-6(2-4-7)5-10-13(9,11)12;5-10(7,8)6-1-3-9-4-2-6;1-2-3-4-6-9(5,7)8/h2-6H,7H2,1H3,(H2,9,11,12);1-4,10H,5H2,(H2,9,11,12);1-4H2,(H2,5,7,8);6H,2-4H2,1H3,(H2,5,7,8). The number of nitrogens with zero attached hydrogens (tertiary/aromatic N) is 2. The molecule has 0 unspecified atom stereocenters. The van der Waals surface area contributed by atoms with Crippen LogP contribution in [0.3, 0.4) is 0 Å². The number of nitrogens with two attached hydrogens (primary N) is 4. The van der Waals surface area contributed by atoms with Gasteiger partial charge in [0.25, 0.3) is 40.8 Å². The van der Waals surface area contributed by atoms with Crippen LogP contribution in [0.25, 0.3) is 0 Å². The summed E-state index contributed by atoms with van der Waals surface area (Å²) in [6, 6.07) is 14.7. The Labute approximate surface area is 265 Å². The fraction of sp³-hybridized carbons (Fsp3) is 0.478. The monoisotopic (exact) mass is 722 g/mol. The summed E-state index contributed by atoms with van der Waals surface area (Å²) in [6.45, 7) is 4.42. The SMILES string of the molecule is CCCCNS(N)(=O)=O.CN(Cc1ccccc1)S(N)(=O)=O.NS(=O)(=O)N1CCOCC1.NS(=O)(=O)NCc1ccc(F)cc1. The normalized spacial score (nSPS) is 14.2. The molecule has 0 spiro atoms. The van der Waals surface area contributed by atoms with Crippen LogP contribution in [0.4, 0.5) is 4.39 Å². The zero-order valence-electron chi connectivity index (χ0n) is 24.9. The summed E-state index contributed by atoms with van der Waals surface area (Å²) >= 11 is 0. The Balaban J connectivity index is 0.000000581. The zero-order valence-corrected chi connectivity index (χ0v) is 28.2. The van der Waals surface area contributed by atoms with Crippen molar-refractivity contribution in [3.63, 3.8) is 0 Å². The van der Waals surface area contributed by atoms with E-state index in [0.717, 1.165) is 22.7 Å². The molecule has 10 N–H and O–H groups in total. The lowest BCUT2D eigenvalue weighted by Crippen LogP contribution is -2.44. The van der Waals surface area contributed by atoms with E-state index in [4.69, 9.17) is 20.2 Å². The van der Waals surface area contributed by atoms with E-state index in [2.05, 4.69) is 14.6 Å². The van der Waals surface area contributed by atoms with E-state index in [9.17, 15) is 38.1 Å². The molecule has 0 aromatic heterocycles. The van der Waals surface area contributed by atoms with Crippen LogP contribution in [-0.2, 0) is 58.7 Å². The summed E-state index contributed by atoms with van der Waals surface area (Å²) in [4.78, 5) is 0. The van der Waals surface area contributed by atoms with Crippen molar-refractivity contribution in [1.29, 1.82) is 0 Å². The molecule has 260 valence electrons. The van der Waals surface area contributed by atoms with Crippen molar-refractivity contribution in [3.8, 4) is 0 Å².